The number of rotatable bonds is 11. The van der Waals surface area contributed by atoms with Crippen molar-refractivity contribution in [2.24, 2.45) is 5.92 Å². The molecule has 1 aliphatic rings. The zero-order valence-electron chi connectivity index (χ0n) is 21.0. The molecule has 2 amide bonds. The van der Waals surface area contributed by atoms with Crippen molar-refractivity contribution >= 4 is 18.0 Å². The molecule has 2 aromatic carbocycles. The highest BCUT2D eigenvalue weighted by Gasteiger charge is 2.31. The Hall–Kier alpha value is -3.35. The van der Waals surface area contributed by atoms with Crippen LogP contribution in [0, 0.1) is 5.92 Å². The third-order valence-electron chi connectivity index (χ3n) is 6.59. The third kappa shape index (κ3) is 6.41. The molecule has 7 heteroatoms. The van der Waals surface area contributed by atoms with E-state index < -0.39 is 24.1 Å². The van der Waals surface area contributed by atoms with E-state index in [-0.39, 0.29) is 24.9 Å². The maximum Gasteiger partial charge on any atom is 0.407 e. The van der Waals surface area contributed by atoms with Gasteiger partial charge in [0.05, 0.1) is 6.42 Å². The van der Waals surface area contributed by atoms with Crippen molar-refractivity contribution in [3.05, 3.63) is 59.7 Å². The minimum Gasteiger partial charge on any atom is -0.481 e. The van der Waals surface area contributed by atoms with Crippen molar-refractivity contribution in [2.75, 3.05) is 13.2 Å². The van der Waals surface area contributed by atoms with Gasteiger partial charge < -0.3 is 20.1 Å². The van der Waals surface area contributed by atoms with E-state index in [1.807, 2.05) is 31.2 Å². The number of aliphatic carboxylic acids is 1. The minimum atomic E-state index is -0.966. The number of carbonyl (C=O) groups is 3. The molecule has 0 saturated carbocycles. The van der Waals surface area contributed by atoms with Crippen molar-refractivity contribution in [2.45, 2.75) is 65.0 Å². The smallest absolute Gasteiger partial charge is 0.407 e. The average Bonchev–Trinajstić information content (AvgIpc) is 3.14. The Bertz CT molecular complexity index is 1010. The zero-order chi connectivity index (χ0) is 25.5. The number of alkyl carbamates (subject to hydrolysis) is 1. The molecule has 2 aromatic rings. The molecule has 0 aliphatic heterocycles. The van der Waals surface area contributed by atoms with Gasteiger partial charge in [-0.3, -0.25) is 9.59 Å². The molecular weight excluding hydrogens is 444 g/mol. The van der Waals surface area contributed by atoms with Crippen molar-refractivity contribution in [3.8, 4) is 11.1 Å². The van der Waals surface area contributed by atoms with Crippen molar-refractivity contribution in [1.29, 1.82) is 0 Å². The number of carbonyl (C=O) groups excluding carboxylic acids is 2. The van der Waals surface area contributed by atoms with E-state index in [9.17, 15) is 14.4 Å². The molecule has 2 atom stereocenters. The van der Waals surface area contributed by atoms with Crippen molar-refractivity contribution in [1.82, 2.24) is 10.2 Å². The molecule has 0 fully saturated rings. The summed E-state index contributed by atoms with van der Waals surface area (Å²) in [6.45, 7) is 8.15. The zero-order valence-corrected chi connectivity index (χ0v) is 21.0. The number of carboxylic acid groups (broad SMARTS) is 1. The summed E-state index contributed by atoms with van der Waals surface area (Å²) in [5.74, 6) is -0.968. The summed E-state index contributed by atoms with van der Waals surface area (Å²) in [6.07, 6.45) is 0.402. The van der Waals surface area contributed by atoms with Crippen LogP contribution in [-0.2, 0) is 14.3 Å². The molecule has 0 heterocycles. The number of nitrogens with one attached hydrogen (secondary N) is 1. The standard InChI is InChI=1S/C28H36N2O5/c1-5-30(19(4)16-26(31)32)27(33)25(15-14-18(2)3)29-28(34)35-17-24-22-12-8-6-10-20(22)21-11-7-9-13-23(21)24/h6-13,18-19,24-25H,5,14-17H2,1-4H3,(H,29,34)(H,31,32). The van der Waals surface area contributed by atoms with Gasteiger partial charge in [0.1, 0.15) is 12.6 Å². The summed E-state index contributed by atoms with van der Waals surface area (Å²) in [5, 5.41) is 11.9. The van der Waals surface area contributed by atoms with Gasteiger partial charge in [-0.1, -0.05) is 62.4 Å². The SMILES string of the molecule is CCN(C(=O)C(CCC(C)C)NC(=O)OCC1c2ccccc2-c2ccccc21)C(C)CC(=O)O. The van der Waals surface area contributed by atoms with Gasteiger partial charge in [-0.2, -0.15) is 0 Å². The number of fused-ring (bicyclic) bond motifs is 3. The van der Waals surface area contributed by atoms with E-state index in [0.29, 0.717) is 18.9 Å². The predicted octanol–water partition coefficient (Wildman–Crippen LogP) is 5.04. The first kappa shape index (κ1) is 26.3. The Morgan fingerprint density at radius 3 is 2.06 bits per heavy atom. The van der Waals surface area contributed by atoms with Crippen LogP contribution in [0.5, 0.6) is 0 Å². The normalized spacial score (nSPS) is 14.1. The van der Waals surface area contributed by atoms with Crippen molar-refractivity contribution < 1.29 is 24.2 Å². The Morgan fingerprint density at radius 1 is 0.971 bits per heavy atom. The lowest BCUT2D eigenvalue weighted by atomic mass is 9.98. The van der Waals surface area contributed by atoms with E-state index in [1.54, 1.807) is 6.92 Å². The maximum atomic E-state index is 13.3. The highest BCUT2D eigenvalue weighted by atomic mass is 16.5. The molecule has 2 unspecified atom stereocenters. The van der Waals surface area contributed by atoms with Crippen LogP contribution in [0.1, 0.15) is 64.0 Å². The number of amides is 2. The molecule has 0 aromatic heterocycles. The van der Waals surface area contributed by atoms with Crippen LogP contribution in [0.3, 0.4) is 0 Å². The molecule has 188 valence electrons. The van der Waals surface area contributed by atoms with Gasteiger partial charge in [-0.05, 0) is 54.9 Å². The molecule has 7 nitrogen and oxygen atoms in total. The number of carboxylic acids is 1. The van der Waals surface area contributed by atoms with Gasteiger partial charge >= 0.3 is 12.1 Å². The molecule has 0 radical (unpaired) electrons. The average molecular weight is 481 g/mol. The van der Waals surface area contributed by atoms with Crippen LogP contribution in [0.15, 0.2) is 48.5 Å². The molecular formula is C28H36N2O5. The van der Waals surface area contributed by atoms with Crippen LogP contribution >= 0.6 is 0 Å². The molecule has 3 rings (SSSR count). The Labute approximate surface area is 207 Å². The van der Waals surface area contributed by atoms with Crippen LogP contribution in [0.4, 0.5) is 4.79 Å². The second-order valence-electron chi connectivity index (χ2n) is 9.56. The van der Waals surface area contributed by atoms with Crippen LogP contribution in [0.2, 0.25) is 0 Å². The number of likely N-dealkylation sites (N-methyl/N-ethyl adjacent to an activating group) is 1. The van der Waals surface area contributed by atoms with Crippen molar-refractivity contribution in [3.63, 3.8) is 0 Å². The van der Waals surface area contributed by atoms with Gasteiger partial charge in [0.2, 0.25) is 5.91 Å². The van der Waals surface area contributed by atoms with E-state index in [0.717, 1.165) is 28.7 Å². The fraction of sp³-hybridized carbons (Fsp3) is 0.464. The van der Waals surface area contributed by atoms with Gasteiger partial charge in [-0.15, -0.1) is 0 Å². The quantitative estimate of drug-likeness (QED) is 0.470. The van der Waals surface area contributed by atoms with Gasteiger partial charge in [0.15, 0.2) is 0 Å². The van der Waals surface area contributed by atoms with Gasteiger partial charge in [0.25, 0.3) is 0 Å². The number of ether oxygens (including phenoxy) is 1. The fourth-order valence-corrected chi connectivity index (χ4v) is 4.79. The molecule has 0 saturated heterocycles. The Balaban J connectivity index is 1.70. The summed E-state index contributed by atoms with van der Waals surface area (Å²) in [4.78, 5) is 38.8. The summed E-state index contributed by atoms with van der Waals surface area (Å²) in [5.41, 5.74) is 4.53. The fourth-order valence-electron chi connectivity index (χ4n) is 4.79. The monoisotopic (exact) mass is 480 g/mol. The number of hydrogen-bond donors (Lipinski definition) is 2. The first-order chi connectivity index (χ1) is 16.7. The second kappa shape index (κ2) is 11.9. The molecule has 2 N–H and O–H groups in total. The largest absolute Gasteiger partial charge is 0.481 e. The lowest BCUT2D eigenvalue weighted by Crippen LogP contribution is -2.51. The molecule has 35 heavy (non-hydrogen) atoms. The summed E-state index contributed by atoms with van der Waals surface area (Å²) >= 11 is 0. The topological polar surface area (TPSA) is 95.9 Å². The Kier molecular flexibility index (Phi) is 8.90. The number of benzene rings is 2. The first-order valence-corrected chi connectivity index (χ1v) is 12.4. The van der Waals surface area contributed by atoms with Gasteiger partial charge in [-0.25, -0.2) is 4.79 Å². The van der Waals surface area contributed by atoms with E-state index in [2.05, 4.69) is 43.4 Å². The number of nitrogens with zero attached hydrogens (tertiary/aromatic N) is 1. The lowest BCUT2D eigenvalue weighted by Gasteiger charge is -2.31. The number of hydrogen-bond acceptors (Lipinski definition) is 4. The van der Waals surface area contributed by atoms with E-state index in [4.69, 9.17) is 9.84 Å². The summed E-state index contributed by atoms with van der Waals surface area (Å²) in [7, 11) is 0. The third-order valence-corrected chi connectivity index (χ3v) is 6.59. The highest BCUT2D eigenvalue weighted by molar-refractivity contribution is 5.86. The highest BCUT2D eigenvalue weighted by Crippen LogP contribution is 2.44. The predicted molar refractivity (Wildman–Crippen MR) is 135 cm³/mol. The van der Waals surface area contributed by atoms with Crippen LogP contribution < -0.4 is 5.32 Å². The molecule has 0 spiro atoms. The van der Waals surface area contributed by atoms with Crippen LogP contribution in [-0.4, -0.2) is 53.2 Å². The summed E-state index contributed by atoms with van der Waals surface area (Å²) < 4.78 is 5.65. The first-order valence-electron chi connectivity index (χ1n) is 12.4. The lowest BCUT2D eigenvalue weighted by molar-refractivity contribution is -0.141. The minimum absolute atomic E-state index is 0.0688. The van der Waals surface area contributed by atoms with E-state index in [1.165, 1.54) is 4.90 Å². The second-order valence-corrected chi connectivity index (χ2v) is 9.56. The summed E-state index contributed by atoms with van der Waals surface area (Å²) in [6, 6.07) is 15.0. The molecule has 0 bridgehead atoms. The van der Waals surface area contributed by atoms with Gasteiger partial charge in [0, 0.05) is 18.5 Å². The molecule has 1 aliphatic carbocycles. The van der Waals surface area contributed by atoms with Crippen LogP contribution in [0.25, 0.3) is 11.1 Å². The van der Waals surface area contributed by atoms with E-state index >= 15 is 0 Å². The maximum absolute atomic E-state index is 13.3. The Morgan fingerprint density at radius 2 is 1.54 bits per heavy atom.